The zero-order valence-electron chi connectivity index (χ0n) is 15.8. The maximum absolute atomic E-state index is 11.3. The highest BCUT2D eigenvalue weighted by Gasteiger charge is 2.29. The van der Waals surface area contributed by atoms with Gasteiger partial charge >= 0.3 is 6.09 Å². The molecule has 0 spiro atoms. The number of amides is 1. The first-order chi connectivity index (χ1) is 13.5. The van der Waals surface area contributed by atoms with Gasteiger partial charge in [0.25, 0.3) is 0 Å². The number of thiophene rings is 1. The van der Waals surface area contributed by atoms with Crippen LogP contribution in [-0.4, -0.2) is 40.0 Å². The second-order valence-electron chi connectivity index (χ2n) is 7.36. The SMILES string of the molecule is CN(C(=O)O)[C@@H]1CCCC(c2c[nH]c3ccc(N=C(N)c4cccs4)cc23)C1. The van der Waals surface area contributed by atoms with Crippen LogP contribution in [0.5, 0.6) is 0 Å². The van der Waals surface area contributed by atoms with Gasteiger partial charge in [0.2, 0.25) is 0 Å². The molecule has 1 unspecified atom stereocenters. The Morgan fingerprint density at radius 3 is 2.96 bits per heavy atom. The van der Waals surface area contributed by atoms with Gasteiger partial charge in [-0.2, -0.15) is 0 Å². The molecule has 4 rings (SSSR count). The predicted octanol–water partition coefficient (Wildman–Crippen LogP) is 4.90. The van der Waals surface area contributed by atoms with Crippen LogP contribution in [0.3, 0.4) is 0 Å². The third kappa shape index (κ3) is 3.62. The molecule has 0 aliphatic heterocycles. The minimum atomic E-state index is -0.856. The van der Waals surface area contributed by atoms with Gasteiger partial charge in [-0.25, -0.2) is 9.79 Å². The van der Waals surface area contributed by atoms with E-state index in [1.54, 1.807) is 18.4 Å². The van der Waals surface area contributed by atoms with Crippen LogP contribution in [0.1, 0.15) is 42.0 Å². The maximum atomic E-state index is 11.3. The molecule has 3 aromatic rings. The summed E-state index contributed by atoms with van der Waals surface area (Å²) in [5, 5.41) is 12.4. The van der Waals surface area contributed by atoms with Crippen LogP contribution in [0, 0.1) is 0 Å². The second-order valence-corrected chi connectivity index (χ2v) is 8.31. The van der Waals surface area contributed by atoms with Crippen LogP contribution in [-0.2, 0) is 0 Å². The molecular formula is C21H24N4O2S. The zero-order valence-corrected chi connectivity index (χ0v) is 16.6. The Hall–Kier alpha value is -2.80. The monoisotopic (exact) mass is 396 g/mol. The number of hydrogen-bond donors (Lipinski definition) is 3. The fourth-order valence-electron chi connectivity index (χ4n) is 4.11. The number of nitrogens with zero attached hydrogens (tertiary/aromatic N) is 2. The van der Waals surface area contributed by atoms with E-state index >= 15 is 0 Å². The molecule has 28 heavy (non-hydrogen) atoms. The summed E-state index contributed by atoms with van der Waals surface area (Å²) in [4.78, 5) is 21.7. The molecule has 1 aromatic carbocycles. The van der Waals surface area contributed by atoms with Crippen molar-refractivity contribution in [1.29, 1.82) is 0 Å². The van der Waals surface area contributed by atoms with Gasteiger partial charge in [0, 0.05) is 30.2 Å². The molecule has 2 heterocycles. The zero-order chi connectivity index (χ0) is 19.7. The number of H-pyrrole nitrogens is 1. The van der Waals surface area contributed by atoms with Crippen molar-refractivity contribution < 1.29 is 9.90 Å². The van der Waals surface area contributed by atoms with E-state index in [1.807, 2.05) is 29.6 Å². The van der Waals surface area contributed by atoms with Gasteiger partial charge in [-0.05, 0) is 60.4 Å². The first-order valence-corrected chi connectivity index (χ1v) is 10.4. The van der Waals surface area contributed by atoms with Crippen molar-refractivity contribution in [3.05, 3.63) is 52.3 Å². The summed E-state index contributed by atoms with van der Waals surface area (Å²) >= 11 is 1.57. The summed E-state index contributed by atoms with van der Waals surface area (Å²) < 4.78 is 0. The van der Waals surface area contributed by atoms with Crippen LogP contribution in [0.15, 0.2) is 46.9 Å². The fourth-order valence-corrected chi connectivity index (χ4v) is 4.74. The Labute approximate surface area is 167 Å². The number of aromatic amines is 1. The van der Waals surface area contributed by atoms with Gasteiger partial charge < -0.3 is 20.7 Å². The number of aromatic nitrogens is 1. The molecule has 1 amide bonds. The smallest absolute Gasteiger partial charge is 0.407 e. The highest BCUT2D eigenvalue weighted by Crippen LogP contribution is 2.39. The maximum Gasteiger partial charge on any atom is 0.407 e. The van der Waals surface area contributed by atoms with Crippen molar-refractivity contribution in [2.24, 2.45) is 10.7 Å². The van der Waals surface area contributed by atoms with E-state index in [0.717, 1.165) is 47.2 Å². The lowest BCUT2D eigenvalue weighted by molar-refractivity contribution is 0.123. The molecule has 6 nitrogen and oxygen atoms in total. The average Bonchev–Trinajstić information content (AvgIpc) is 3.37. The van der Waals surface area contributed by atoms with Crippen molar-refractivity contribution >= 4 is 39.9 Å². The van der Waals surface area contributed by atoms with E-state index in [2.05, 4.69) is 22.2 Å². The van der Waals surface area contributed by atoms with Gasteiger partial charge in [-0.3, -0.25) is 0 Å². The number of nitrogens with one attached hydrogen (secondary N) is 1. The number of benzene rings is 1. The first kappa shape index (κ1) is 18.6. The molecular weight excluding hydrogens is 372 g/mol. The molecule has 0 radical (unpaired) electrons. The Kier molecular flexibility index (Phi) is 5.09. The molecule has 1 fully saturated rings. The Morgan fingerprint density at radius 1 is 1.36 bits per heavy atom. The summed E-state index contributed by atoms with van der Waals surface area (Å²) in [6.07, 6.45) is 5.08. The summed E-state index contributed by atoms with van der Waals surface area (Å²) in [5.41, 5.74) is 9.28. The normalized spacial score (nSPS) is 20.4. The van der Waals surface area contributed by atoms with Gasteiger partial charge in [0.05, 0.1) is 10.6 Å². The largest absolute Gasteiger partial charge is 0.465 e. The number of hydrogen-bond acceptors (Lipinski definition) is 3. The minimum Gasteiger partial charge on any atom is -0.465 e. The quantitative estimate of drug-likeness (QED) is 0.432. The van der Waals surface area contributed by atoms with Crippen LogP contribution in [0.4, 0.5) is 10.5 Å². The highest BCUT2D eigenvalue weighted by atomic mass is 32.1. The lowest BCUT2D eigenvalue weighted by atomic mass is 9.81. The van der Waals surface area contributed by atoms with E-state index < -0.39 is 6.09 Å². The molecule has 1 saturated carbocycles. The molecule has 4 N–H and O–H groups in total. The van der Waals surface area contributed by atoms with Gasteiger partial charge in [-0.15, -0.1) is 11.3 Å². The Morgan fingerprint density at radius 2 is 2.21 bits per heavy atom. The van der Waals surface area contributed by atoms with Crippen LogP contribution in [0.25, 0.3) is 10.9 Å². The van der Waals surface area contributed by atoms with E-state index in [4.69, 9.17) is 5.73 Å². The molecule has 146 valence electrons. The van der Waals surface area contributed by atoms with Crippen molar-refractivity contribution in [1.82, 2.24) is 9.88 Å². The number of nitrogens with two attached hydrogens (primary N) is 1. The molecule has 0 saturated heterocycles. The lowest BCUT2D eigenvalue weighted by Gasteiger charge is -2.33. The Bertz CT molecular complexity index is 1010. The molecule has 2 aromatic heterocycles. The van der Waals surface area contributed by atoms with Gasteiger partial charge in [-0.1, -0.05) is 12.5 Å². The molecule has 2 atom stereocenters. The topological polar surface area (TPSA) is 94.7 Å². The van der Waals surface area contributed by atoms with Crippen molar-refractivity contribution in [3.8, 4) is 0 Å². The molecule has 7 heteroatoms. The molecule has 1 aliphatic carbocycles. The van der Waals surface area contributed by atoms with Crippen molar-refractivity contribution in [2.75, 3.05) is 7.05 Å². The number of amidine groups is 1. The lowest BCUT2D eigenvalue weighted by Crippen LogP contribution is -2.38. The molecule has 1 aliphatic rings. The summed E-state index contributed by atoms with van der Waals surface area (Å²) in [7, 11) is 1.67. The standard InChI is InChI=1S/C21H24N4O2S/c1-25(21(26)27)15-5-2-4-13(10-15)17-12-23-18-8-7-14(11-16(17)18)24-20(22)19-6-3-9-28-19/h3,6-9,11-13,15,23H,2,4-5,10H2,1H3,(H2,22,24)(H,26,27)/t13?,15-/m1/s1. The van der Waals surface area contributed by atoms with E-state index in [0.29, 0.717) is 11.8 Å². The Balaban J connectivity index is 1.63. The van der Waals surface area contributed by atoms with Gasteiger partial charge in [0.1, 0.15) is 5.84 Å². The summed E-state index contributed by atoms with van der Waals surface area (Å²) in [6, 6.07) is 10.1. The van der Waals surface area contributed by atoms with Crippen LogP contribution < -0.4 is 5.73 Å². The van der Waals surface area contributed by atoms with E-state index in [1.165, 1.54) is 10.5 Å². The third-order valence-corrected chi connectivity index (χ3v) is 6.55. The molecule has 0 bridgehead atoms. The minimum absolute atomic E-state index is 0.0666. The number of aliphatic imine (C=N–C) groups is 1. The first-order valence-electron chi connectivity index (χ1n) is 9.47. The number of carbonyl (C=O) groups is 1. The average molecular weight is 397 g/mol. The van der Waals surface area contributed by atoms with Crippen molar-refractivity contribution in [3.63, 3.8) is 0 Å². The van der Waals surface area contributed by atoms with Crippen LogP contribution in [0.2, 0.25) is 0 Å². The number of fused-ring (bicyclic) bond motifs is 1. The predicted molar refractivity (Wildman–Crippen MR) is 114 cm³/mol. The van der Waals surface area contributed by atoms with Gasteiger partial charge in [0.15, 0.2) is 0 Å². The summed E-state index contributed by atoms with van der Waals surface area (Å²) in [5.74, 6) is 0.857. The number of carboxylic acid groups (broad SMARTS) is 1. The number of rotatable bonds is 4. The fraction of sp³-hybridized carbons (Fsp3) is 0.333. The van der Waals surface area contributed by atoms with Crippen LogP contribution >= 0.6 is 11.3 Å². The van der Waals surface area contributed by atoms with E-state index in [-0.39, 0.29) is 6.04 Å². The van der Waals surface area contributed by atoms with E-state index in [9.17, 15) is 9.90 Å². The third-order valence-electron chi connectivity index (χ3n) is 5.66. The highest BCUT2D eigenvalue weighted by molar-refractivity contribution is 7.12. The van der Waals surface area contributed by atoms with Crippen molar-refractivity contribution in [2.45, 2.75) is 37.6 Å². The second kappa shape index (κ2) is 7.67. The summed E-state index contributed by atoms with van der Waals surface area (Å²) in [6.45, 7) is 0.